The van der Waals surface area contributed by atoms with Crippen LogP contribution < -0.4 is 10.0 Å². The molecule has 1 aliphatic rings. The van der Waals surface area contributed by atoms with Crippen molar-refractivity contribution < 1.29 is 35.2 Å². The lowest BCUT2D eigenvalue weighted by Crippen LogP contribution is -2.43. The van der Waals surface area contributed by atoms with Crippen LogP contribution in [0.2, 0.25) is 0 Å². The van der Waals surface area contributed by atoms with E-state index in [1.165, 1.54) is 41.8 Å². The Morgan fingerprint density at radius 1 is 1.10 bits per heavy atom. The molecule has 0 radical (unpaired) electrons. The molecule has 2 heterocycles. The quantitative estimate of drug-likeness (QED) is 0.367. The van der Waals surface area contributed by atoms with Gasteiger partial charge in [0, 0.05) is 17.5 Å². The summed E-state index contributed by atoms with van der Waals surface area (Å²) >= 11 is 0.892. The average Bonchev–Trinajstić information content (AvgIpc) is 3.50. The molecule has 11 nitrogen and oxygen atoms in total. The summed E-state index contributed by atoms with van der Waals surface area (Å²) in [4.78, 5) is 29.3. The number of sulfonamides is 1. The van der Waals surface area contributed by atoms with E-state index in [4.69, 9.17) is 5.26 Å². The summed E-state index contributed by atoms with van der Waals surface area (Å²) in [6, 6.07) is 11.7. The Hall–Kier alpha value is -3.94. The summed E-state index contributed by atoms with van der Waals surface area (Å²) in [7, 11) is -7.80. The zero-order chi connectivity index (χ0) is 30.0. The van der Waals surface area contributed by atoms with Crippen LogP contribution in [0.15, 0.2) is 63.7 Å². The number of sulfone groups is 1. The summed E-state index contributed by atoms with van der Waals surface area (Å²) in [6.45, 7) is 0.263. The predicted molar refractivity (Wildman–Crippen MR) is 144 cm³/mol. The zero-order valence-electron chi connectivity index (χ0n) is 21.4. The van der Waals surface area contributed by atoms with Crippen molar-refractivity contribution in [2.75, 3.05) is 17.8 Å². The van der Waals surface area contributed by atoms with E-state index in [2.05, 4.69) is 15.0 Å². The maximum absolute atomic E-state index is 13.6. The van der Waals surface area contributed by atoms with E-state index in [0.717, 1.165) is 16.9 Å². The number of rotatable bonds is 9. The monoisotopic (exact) mass is 623 g/mol. The number of nitrogens with zero attached hydrogens (tertiary/aromatic N) is 3. The second-order valence-electron chi connectivity index (χ2n) is 9.24. The lowest BCUT2D eigenvalue weighted by Gasteiger charge is -2.19. The Morgan fingerprint density at radius 2 is 1.73 bits per heavy atom. The van der Waals surface area contributed by atoms with Crippen LogP contribution in [0, 0.1) is 18.3 Å². The molecular formula is C25H23F2N5O6S3. The van der Waals surface area contributed by atoms with Gasteiger partial charge in [-0.05, 0) is 43.3 Å². The first kappa shape index (κ1) is 30.0. The first-order chi connectivity index (χ1) is 19.2. The molecule has 3 aromatic rings. The third-order valence-corrected chi connectivity index (χ3v) is 10.1. The van der Waals surface area contributed by atoms with Gasteiger partial charge in [-0.3, -0.25) is 14.3 Å². The third-order valence-electron chi connectivity index (χ3n) is 6.03. The average molecular weight is 624 g/mol. The fourth-order valence-electron chi connectivity index (χ4n) is 3.93. The van der Waals surface area contributed by atoms with Gasteiger partial charge in [0.25, 0.3) is 21.9 Å². The minimum absolute atomic E-state index is 0.0525. The lowest BCUT2D eigenvalue weighted by molar-refractivity contribution is -0.131. The van der Waals surface area contributed by atoms with Gasteiger partial charge in [-0.1, -0.05) is 17.7 Å². The van der Waals surface area contributed by atoms with E-state index < -0.39 is 68.9 Å². The maximum Gasteiger partial charge on any atom is 0.271 e. The molecule has 2 N–H and O–H groups in total. The highest BCUT2D eigenvalue weighted by Crippen LogP contribution is 2.31. The molecule has 1 fully saturated rings. The second-order valence-corrected chi connectivity index (χ2v) is 13.9. The van der Waals surface area contributed by atoms with Gasteiger partial charge in [-0.25, -0.2) is 30.6 Å². The van der Waals surface area contributed by atoms with Crippen molar-refractivity contribution in [3.63, 3.8) is 0 Å². The van der Waals surface area contributed by atoms with Crippen LogP contribution in [-0.4, -0.2) is 63.6 Å². The van der Waals surface area contributed by atoms with Gasteiger partial charge in [0.2, 0.25) is 5.91 Å². The van der Waals surface area contributed by atoms with Crippen molar-refractivity contribution in [1.29, 1.82) is 5.26 Å². The number of benzene rings is 2. The van der Waals surface area contributed by atoms with Gasteiger partial charge >= 0.3 is 0 Å². The van der Waals surface area contributed by atoms with Crippen molar-refractivity contribution in [1.82, 2.24) is 15.2 Å². The molecule has 16 heteroatoms. The highest BCUT2D eigenvalue weighted by molar-refractivity contribution is 7.92. The molecule has 1 atom stereocenters. The number of carbonyl (C=O) groups excluding carboxylic acids is 2. The molecule has 1 aliphatic heterocycles. The topological polar surface area (TPSA) is 166 Å². The highest BCUT2D eigenvalue weighted by Gasteiger charge is 2.47. The van der Waals surface area contributed by atoms with E-state index in [1.54, 1.807) is 18.2 Å². The molecule has 0 unspecified atom stereocenters. The number of hydrogen-bond donors (Lipinski definition) is 2. The van der Waals surface area contributed by atoms with E-state index in [1.807, 2.05) is 6.92 Å². The normalized spacial score (nSPS) is 16.6. The second kappa shape index (κ2) is 11.5. The summed E-state index contributed by atoms with van der Waals surface area (Å²) in [5.74, 6) is -5.41. The Morgan fingerprint density at radius 3 is 2.37 bits per heavy atom. The Labute approximate surface area is 238 Å². The molecule has 216 valence electrons. The van der Waals surface area contributed by atoms with Crippen LogP contribution in [-0.2, 0) is 30.4 Å². The number of anilines is 1. The van der Waals surface area contributed by atoms with Gasteiger partial charge in [0.15, 0.2) is 9.84 Å². The summed E-state index contributed by atoms with van der Waals surface area (Å²) in [5, 5.41) is 12.6. The first-order valence-electron chi connectivity index (χ1n) is 11.9. The van der Waals surface area contributed by atoms with Gasteiger partial charge in [0.05, 0.1) is 28.9 Å². The van der Waals surface area contributed by atoms with Crippen molar-refractivity contribution in [3.8, 4) is 6.07 Å². The Kier molecular flexibility index (Phi) is 8.43. The molecule has 0 bridgehead atoms. The fourth-order valence-corrected chi connectivity index (χ4v) is 7.39. The number of hydrogen-bond acceptors (Lipinski definition) is 9. The number of nitriles is 1. The van der Waals surface area contributed by atoms with Gasteiger partial charge < -0.3 is 10.2 Å². The van der Waals surface area contributed by atoms with Crippen LogP contribution >= 0.6 is 11.3 Å². The maximum atomic E-state index is 13.6. The standard InChI is InChI=1S/C25H23F2N5O6S3/c1-16-2-6-20(7-3-16)41(37,38)31-17-4-8-19(9-5-17)40(35,36)14-22-30-21(13-39-22)24(34)29-12-23(33)32-15-25(26,27)10-18(32)11-28/h2-9,13,18,31H,10,12,14-15H2,1H3,(H,29,34)/t18-/m0/s1. The van der Waals surface area contributed by atoms with Crippen molar-refractivity contribution in [3.05, 3.63) is 70.2 Å². The van der Waals surface area contributed by atoms with Crippen LogP contribution in [0.4, 0.5) is 14.5 Å². The molecule has 0 saturated carbocycles. The number of likely N-dealkylation sites (tertiary alicyclic amines) is 1. The minimum atomic E-state index is -3.92. The SMILES string of the molecule is Cc1ccc(S(=O)(=O)Nc2ccc(S(=O)(=O)Cc3nc(C(=O)NCC(=O)N4CC(F)(F)C[C@H]4C#N)cs3)cc2)cc1. The first-order valence-corrected chi connectivity index (χ1v) is 15.9. The lowest BCUT2D eigenvalue weighted by atomic mass is 10.2. The van der Waals surface area contributed by atoms with Gasteiger partial charge in [-0.2, -0.15) is 5.26 Å². The van der Waals surface area contributed by atoms with Gasteiger partial charge in [0.1, 0.15) is 22.5 Å². The number of carbonyl (C=O) groups is 2. The number of aryl methyl sites for hydroxylation is 1. The molecule has 0 spiro atoms. The van der Waals surface area contributed by atoms with Crippen LogP contribution in [0.3, 0.4) is 0 Å². The van der Waals surface area contributed by atoms with Gasteiger partial charge in [-0.15, -0.1) is 11.3 Å². The number of aromatic nitrogens is 1. The molecule has 4 rings (SSSR count). The van der Waals surface area contributed by atoms with E-state index in [0.29, 0.717) is 4.90 Å². The Bertz CT molecular complexity index is 1720. The van der Waals surface area contributed by atoms with Crippen molar-refractivity contribution >= 4 is 48.7 Å². The molecule has 41 heavy (non-hydrogen) atoms. The number of nitrogens with one attached hydrogen (secondary N) is 2. The molecule has 0 aliphatic carbocycles. The summed E-state index contributed by atoms with van der Waals surface area (Å²) in [6.07, 6.45) is -0.779. The summed E-state index contributed by atoms with van der Waals surface area (Å²) < 4.78 is 80.4. The minimum Gasteiger partial charge on any atom is -0.342 e. The number of halogens is 2. The predicted octanol–water partition coefficient (Wildman–Crippen LogP) is 2.72. The molecule has 2 aromatic carbocycles. The fraction of sp³-hybridized carbons (Fsp3) is 0.280. The van der Waals surface area contributed by atoms with E-state index in [9.17, 15) is 35.2 Å². The van der Waals surface area contributed by atoms with E-state index >= 15 is 0 Å². The highest BCUT2D eigenvalue weighted by atomic mass is 32.2. The largest absolute Gasteiger partial charge is 0.342 e. The van der Waals surface area contributed by atoms with Crippen molar-refractivity contribution in [2.45, 2.75) is 40.9 Å². The Balaban J connectivity index is 1.35. The van der Waals surface area contributed by atoms with Crippen LogP contribution in [0.5, 0.6) is 0 Å². The molecule has 1 saturated heterocycles. The number of thiazole rings is 1. The summed E-state index contributed by atoms with van der Waals surface area (Å²) in [5.41, 5.74) is 0.881. The smallest absolute Gasteiger partial charge is 0.271 e. The van der Waals surface area contributed by atoms with Crippen molar-refractivity contribution in [2.24, 2.45) is 0 Å². The molecular weight excluding hydrogens is 601 g/mol. The van der Waals surface area contributed by atoms with E-state index in [-0.39, 0.29) is 26.2 Å². The van der Waals surface area contributed by atoms with Crippen LogP contribution in [0.25, 0.3) is 0 Å². The third kappa shape index (κ3) is 7.23. The number of amides is 2. The molecule has 2 amide bonds. The zero-order valence-corrected chi connectivity index (χ0v) is 23.8. The van der Waals surface area contributed by atoms with Crippen LogP contribution in [0.1, 0.15) is 27.5 Å². The number of alkyl halides is 2. The molecule has 1 aromatic heterocycles.